The van der Waals surface area contributed by atoms with Crippen molar-refractivity contribution in [3.8, 4) is 0 Å². The van der Waals surface area contributed by atoms with Gasteiger partial charge in [0.05, 0.1) is 12.6 Å². The van der Waals surface area contributed by atoms with Gasteiger partial charge in [-0.05, 0) is 12.8 Å². The number of rotatable bonds is 5. The quantitative estimate of drug-likeness (QED) is 0.672. The van der Waals surface area contributed by atoms with Crippen molar-refractivity contribution < 1.29 is 4.52 Å². The second-order valence-electron chi connectivity index (χ2n) is 6.37. The van der Waals surface area contributed by atoms with Gasteiger partial charge in [-0.1, -0.05) is 19.0 Å². The van der Waals surface area contributed by atoms with E-state index in [1.165, 1.54) is 11.6 Å². The third-order valence-electron chi connectivity index (χ3n) is 4.11. The van der Waals surface area contributed by atoms with Gasteiger partial charge in [0, 0.05) is 14.1 Å². The summed E-state index contributed by atoms with van der Waals surface area (Å²) in [5.41, 5.74) is -0.176. The van der Waals surface area contributed by atoms with E-state index in [0.717, 1.165) is 4.57 Å². The van der Waals surface area contributed by atoms with Crippen LogP contribution in [0, 0.1) is 12.8 Å². The van der Waals surface area contributed by atoms with Gasteiger partial charge in [-0.25, -0.2) is 9.78 Å². The van der Waals surface area contributed by atoms with E-state index in [2.05, 4.69) is 25.4 Å². The number of nitrogens with one attached hydrogen (secondary N) is 2. The van der Waals surface area contributed by atoms with Crippen LogP contribution in [0.1, 0.15) is 37.4 Å². The van der Waals surface area contributed by atoms with Gasteiger partial charge >= 0.3 is 5.69 Å². The highest BCUT2D eigenvalue weighted by Gasteiger charge is 2.22. The Morgan fingerprint density at radius 2 is 1.92 bits per heavy atom. The average Bonchev–Trinajstić information content (AvgIpc) is 3.18. The summed E-state index contributed by atoms with van der Waals surface area (Å²) in [7, 11) is 3.02. The SMILES string of the molecule is Cc1noc(C(NCc2nc3c([nH]2)c(=O)n(C)c(=O)n3C)C(C)C)n1. The molecule has 10 nitrogen and oxygen atoms in total. The van der Waals surface area contributed by atoms with Crippen LogP contribution in [0.5, 0.6) is 0 Å². The molecule has 0 spiro atoms. The van der Waals surface area contributed by atoms with E-state index in [9.17, 15) is 9.59 Å². The summed E-state index contributed by atoms with van der Waals surface area (Å²) in [6, 6.07) is -0.152. The Bertz CT molecular complexity index is 1020. The number of H-pyrrole nitrogens is 1. The first kappa shape index (κ1) is 17.1. The molecule has 0 aliphatic rings. The lowest BCUT2D eigenvalue weighted by molar-refractivity contribution is 0.286. The fraction of sp³-hybridized carbons (Fsp3) is 0.533. The van der Waals surface area contributed by atoms with E-state index in [-0.39, 0.29) is 12.0 Å². The number of hydrogen-bond acceptors (Lipinski definition) is 7. The van der Waals surface area contributed by atoms with Crippen molar-refractivity contribution in [3.63, 3.8) is 0 Å². The maximum Gasteiger partial charge on any atom is 0.332 e. The largest absolute Gasteiger partial charge is 0.338 e. The summed E-state index contributed by atoms with van der Waals surface area (Å²) in [5, 5.41) is 7.13. The van der Waals surface area contributed by atoms with Crippen molar-refractivity contribution in [2.24, 2.45) is 20.0 Å². The molecule has 0 aromatic carbocycles. The first-order chi connectivity index (χ1) is 11.8. The summed E-state index contributed by atoms with van der Waals surface area (Å²) in [4.78, 5) is 35.8. The van der Waals surface area contributed by atoms with Gasteiger partial charge in [-0.3, -0.25) is 19.2 Å². The van der Waals surface area contributed by atoms with Crippen LogP contribution in [-0.2, 0) is 20.6 Å². The zero-order valence-corrected chi connectivity index (χ0v) is 14.8. The van der Waals surface area contributed by atoms with Gasteiger partial charge in [-0.2, -0.15) is 4.98 Å². The molecule has 0 fully saturated rings. The summed E-state index contributed by atoms with van der Waals surface area (Å²) < 4.78 is 7.65. The molecule has 25 heavy (non-hydrogen) atoms. The summed E-state index contributed by atoms with van der Waals surface area (Å²) in [5.74, 6) is 1.84. The number of fused-ring (bicyclic) bond motifs is 1. The molecule has 0 radical (unpaired) electrons. The van der Waals surface area contributed by atoms with E-state index in [1.54, 1.807) is 14.0 Å². The highest BCUT2D eigenvalue weighted by atomic mass is 16.5. The van der Waals surface area contributed by atoms with Gasteiger partial charge in [0.1, 0.15) is 11.3 Å². The Labute approximate surface area is 142 Å². The molecule has 3 aromatic rings. The molecule has 3 heterocycles. The Balaban J connectivity index is 1.90. The zero-order valence-electron chi connectivity index (χ0n) is 14.8. The molecule has 3 aromatic heterocycles. The fourth-order valence-corrected chi connectivity index (χ4v) is 2.71. The van der Waals surface area contributed by atoms with E-state index >= 15 is 0 Å². The Morgan fingerprint density at radius 1 is 1.20 bits per heavy atom. The Hall–Kier alpha value is -2.75. The molecule has 3 rings (SSSR count). The number of aryl methyl sites for hydroxylation is 2. The first-order valence-electron chi connectivity index (χ1n) is 7.97. The van der Waals surface area contributed by atoms with Gasteiger partial charge in [0.15, 0.2) is 11.5 Å². The first-order valence-corrected chi connectivity index (χ1v) is 7.97. The summed E-state index contributed by atoms with van der Waals surface area (Å²) >= 11 is 0. The average molecular weight is 347 g/mol. The lowest BCUT2D eigenvalue weighted by atomic mass is 10.0. The molecule has 134 valence electrons. The maximum atomic E-state index is 12.2. The minimum absolute atomic E-state index is 0.152. The van der Waals surface area contributed by atoms with Crippen molar-refractivity contribution in [1.82, 2.24) is 34.6 Å². The van der Waals surface area contributed by atoms with Crippen molar-refractivity contribution in [3.05, 3.63) is 38.4 Å². The molecule has 0 aliphatic carbocycles. The van der Waals surface area contributed by atoms with Gasteiger partial charge in [-0.15, -0.1) is 0 Å². The van der Waals surface area contributed by atoms with Crippen LogP contribution in [-0.4, -0.2) is 29.2 Å². The van der Waals surface area contributed by atoms with Crippen molar-refractivity contribution in [2.45, 2.75) is 33.4 Å². The van der Waals surface area contributed by atoms with E-state index in [4.69, 9.17) is 4.52 Å². The minimum atomic E-state index is -0.412. The van der Waals surface area contributed by atoms with Gasteiger partial charge in [0.2, 0.25) is 5.89 Å². The minimum Gasteiger partial charge on any atom is -0.338 e. The summed E-state index contributed by atoms with van der Waals surface area (Å²) in [6.07, 6.45) is 0. The van der Waals surface area contributed by atoms with Crippen LogP contribution in [0.2, 0.25) is 0 Å². The van der Waals surface area contributed by atoms with Gasteiger partial charge < -0.3 is 9.51 Å². The highest BCUT2D eigenvalue weighted by Crippen LogP contribution is 2.20. The van der Waals surface area contributed by atoms with Gasteiger partial charge in [0.25, 0.3) is 5.56 Å². The number of aromatic nitrogens is 6. The van der Waals surface area contributed by atoms with Crippen LogP contribution in [0.25, 0.3) is 11.2 Å². The molecule has 2 N–H and O–H groups in total. The second-order valence-corrected chi connectivity index (χ2v) is 6.37. The normalized spacial score (nSPS) is 13.0. The van der Waals surface area contributed by atoms with E-state index in [0.29, 0.717) is 35.2 Å². The molecule has 1 atom stereocenters. The number of hydrogen-bond donors (Lipinski definition) is 2. The Kier molecular flexibility index (Phi) is 4.29. The Morgan fingerprint density at radius 3 is 2.52 bits per heavy atom. The molecule has 10 heteroatoms. The van der Waals surface area contributed by atoms with Crippen molar-refractivity contribution in [1.29, 1.82) is 0 Å². The lowest BCUT2D eigenvalue weighted by Crippen LogP contribution is -2.36. The van der Waals surface area contributed by atoms with Crippen LogP contribution >= 0.6 is 0 Å². The molecule has 0 amide bonds. The lowest BCUT2D eigenvalue weighted by Gasteiger charge is -2.17. The zero-order chi connectivity index (χ0) is 18.3. The number of aromatic amines is 1. The third-order valence-corrected chi connectivity index (χ3v) is 4.11. The molecule has 0 saturated heterocycles. The van der Waals surface area contributed by atoms with E-state index < -0.39 is 11.2 Å². The third kappa shape index (κ3) is 3.00. The standard InChI is InChI=1S/C15H21N7O3/c1-7(2)10(13-17-8(3)20-25-13)16-6-9-18-11-12(19-9)21(4)15(24)22(5)14(11)23/h7,10,16H,6H2,1-5H3,(H,18,19). The van der Waals surface area contributed by atoms with Crippen LogP contribution in [0.15, 0.2) is 14.1 Å². The molecule has 0 bridgehead atoms. The topological polar surface area (TPSA) is 124 Å². The van der Waals surface area contributed by atoms with Crippen LogP contribution in [0.4, 0.5) is 0 Å². The second kappa shape index (κ2) is 6.28. The van der Waals surface area contributed by atoms with Crippen LogP contribution < -0.4 is 16.6 Å². The van der Waals surface area contributed by atoms with Crippen molar-refractivity contribution in [2.75, 3.05) is 0 Å². The van der Waals surface area contributed by atoms with Crippen molar-refractivity contribution >= 4 is 11.2 Å². The smallest absolute Gasteiger partial charge is 0.332 e. The molecule has 0 saturated carbocycles. The molecule has 1 unspecified atom stereocenters. The molecular formula is C15H21N7O3. The van der Waals surface area contributed by atoms with Crippen LogP contribution in [0.3, 0.4) is 0 Å². The summed E-state index contributed by atoms with van der Waals surface area (Å²) in [6.45, 7) is 6.20. The maximum absolute atomic E-state index is 12.2. The number of imidazole rings is 1. The molecule has 0 aliphatic heterocycles. The number of nitrogens with zero attached hydrogens (tertiary/aromatic N) is 5. The highest BCUT2D eigenvalue weighted by molar-refractivity contribution is 5.69. The predicted molar refractivity (Wildman–Crippen MR) is 90.0 cm³/mol. The van der Waals surface area contributed by atoms with E-state index in [1.807, 2.05) is 13.8 Å². The fourth-order valence-electron chi connectivity index (χ4n) is 2.71. The predicted octanol–water partition coefficient (Wildman–Crippen LogP) is 0.139. The monoisotopic (exact) mass is 347 g/mol. The molecular weight excluding hydrogens is 326 g/mol.